The highest BCUT2D eigenvalue weighted by Crippen LogP contribution is 2.29. The molecule has 0 fully saturated rings. The van der Waals surface area contributed by atoms with Crippen molar-refractivity contribution in [2.45, 2.75) is 0 Å². The Labute approximate surface area is 120 Å². The van der Waals surface area contributed by atoms with E-state index in [0.29, 0.717) is 5.02 Å². The largest absolute Gasteiger partial charge is 0.337 e. The second-order valence-electron chi connectivity index (χ2n) is 4.71. The first-order valence-electron chi connectivity index (χ1n) is 6.30. The standard InChI is InChI=1S/C15H11ClN4/c1-20-12-8-3-2-5-9(12)13(19-20)15-17-11-7-4-6-10(16)14(11)18-15/h2-8H,1H3,(H,17,18). The van der Waals surface area contributed by atoms with Gasteiger partial charge in [-0.15, -0.1) is 0 Å². The van der Waals surface area contributed by atoms with E-state index in [1.54, 1.807) is 0 Å². The van der Waals surface area contributed by atoms with Crippen LogP contribution in [-0.2, 0) is 7.05 Å². The third kappa shape index (κ3) is 1.55. The molecule has 1 N–H and O–H groups in total. The number of H-pyrrole nitrogens is 1. The highest BCUT2D eigenvalue weighted by molar-refractivity contribution is 6.35. The summed E-state index contributed by atoms with van der Waals surface area (Å²) in [6.07, 6.45) is 0. The average molecular weight is 283 g/mol. The number of hydrogen-bond donors (Lipinski definition) is 1. The van der Waals surface area contributed by atoms with E-state index in [0.717, 1.165) is 33.5 Å². The van der Waals surface area contributed by atoms with Gasteiger partial charge in [-0.3, -0.25) is 4.68 Å². The summed E-state index contributed by atoms with van der Waals surface area (Å²) < 4.78 is 1.86. The summed E-state index contributed by atoms with van der Waals surface area (Å²) in [5.41, 5.74) is 3.62. The van der Waals surface area contributed by atoms with E-state index in [-0.39, 0.29) is 0 Å². The molecule has 0 aliphatic heterocycles. The van der Waals surface area contributed by atoms with Gasteiger partial charge in [0.2, 0.25) is 0 Å². The summed E-state index contributed by atoms with van der Waals surface area (Å²) in [4.78, 5) is 7.87. The van der Waals surface area contributed by atoms with Gasteiger partial charge < -0.3 is 4.98 Å². The SMILES string of the molecule is Cn1nc(-c2nc3c(Cl)cccc3[nH]2)c2ccccc21. The molecular formula is C15H11ClN4. The first kappa shape index (κ1) is 11.5. The zero-order valence-corrected chi connectivity index (χ0v) is 11.5. The van der Waals surface area contributed by atoms with Gasteiger partial charge >= 0.3 is 0 Å². The van der Waals surface area contributed by atoms with Crippen LogP contribution in [0.3, 0.4) is 0 Å². The molecule has 4 nitrogen and oxygen atoms in total. The van der Waals surface area contributed by atoms with Crippen LogP contribution in [0.2, 0.25) is 5.02 Å². The van der Waals surface area contributed by atoms with Gasteiger partial charge in [0.05, 0.1) is 16.1 Å². The minimum Gasteiger partial charge on any atom is -0.337 e. The van der Waals surface area contributed by atoms with Crippen LogP contribution in [0.5, 0.6) is 0 Å². The van der Waals surface area contributed by atoms with E-state index in [1.165, 1.54) is 0 Å². The highest BCUT2D eigenvalue weighted by atomic mass is 35.5. The van der Waals surface area contributed by atoms with E-state index in [9.17, 15) is 0 Å². The summed E-state index contributed by atoms with van der Waals surface area (Å²) in [5, 5.41) is 6.28. The summed E-state index contributed by atoms with van der Waals surface area (Å²) in [6.45, 7) is 0. The third-order valence-corrected chi connectivity index (χ3v) is 3.75. The maximum Gasteiger partial charge on any atom is 0.159 e. The number of nitrogens with zero attached hydrogens (tertiary/aromatic N) is 3. The van der Waals surface area contributed by atoms with Gasteiger partial charge in [-0.05, 0) is 18.2 Å². The molecule has 0 radical (unpaired) electrons. The van der Waals surface area contributed by atoms with Crippen LogP contribution in [0.15, 0.2) is 42.5 Å². The van der Waals surface area contributed by atoms with Crippen molar-refractivity contribution in [2.75, 3.05) is 0 Å². The summed E-state index contributed by atoms with van der Waals surface area (Å²) >= 11 is 6.17. The lowest BCUT2D eigenvalue weighted by Gasteiger charge is -1.91. The van der Waals surface area contributed by atoms with Crippen molar-refractivity contribution in [2.24, 2.45) is 7.05 Å². The van der Waals surface area contributed by atoms with Crippen LogP contribution >= 0.6 is 11.6 Å². The number of halogens is 1. The number of para-hydroxylation sites is 2. The van der Waals surface area contributed by atoms with Gasteiger partial charge in [-0.1, -0.05) is 35.9 Å². The number of benzene rings is 2. The van der Waals surface area contributed by atoms with Gasteiger partial charge in [0.25, 0.3) is 0 Å². The van der Waals surface area contributed by atoms with Gasteiger partial charge in [0.1, 0.15) is 11.2 Å². The van der Waals surface area contributed by atoms with Crippen molar-refractivity contribution in [1.29, 1.82) is 0 Å². The molecule has 0 aliphatic carbocycles. The molecule has 20 heavy (non-hydrogen) atoms. The number of imidazole rings is 1. The zero-order valence-electron chi connectivity index (χ0n) is 10.8. The summed E-state index contributed by atoms with van der Waals surface area (Å²) in [6, 6.07) is 13.8. The molecule has 0 unspecified atom stereocenters. The molecule has 5 heteroatoms. The fourth-order valence-electron chi connectivity index (χ4n) is 2.50. The predicted molar refractivity (Wildman–Crippen MR) is 80.8 cm³/mol. The van der Waals surface area contributed by atoms with Crippen LogP contribution in [0.1, 0.15) is 0 Å². The number of fused-ring (bicyclic) bond motifs is 2. The van der Waals surface area contributed by atoms with Crippen molar-refractivity contribution >= 4 is 33.5 Å². The highest BCUT2D eigenvalue weighted by Gasteiger charge is 2.14. The van der Waals surface area contributed by atoms with Gasteiger partial charge in [0.15, 0.2) is 5.82 Å². The minimum atomic E-state index is 0.644. The van der Waals surface area contributed by atoms with Crippen molar-refractivity contribution in [3.8, 4) is 11.5 Å². The van der Waals surface area contributed by atoms with Crippen LogP contribution in [0.4, 0.5) is 0 Å². The molecule has 0 bridgehead atoms. The Bertz CT molecular complexity index is 936. The van der Waals surface area contributed by atoms with Gasteiger partial charge in [-0.2, -0.15) is 5.10 Å². The van der Waals surface area contributed by atoms with Crippen LogP contribution in [0.25, 0.3) is 33.5 Å². The van der Waals surface area contributed by atoms with E-state index in [2.05, 4.69) is 15.1 Å². The molecule has 0 spiro atoms. The molecule has 2 heterocycles. The van der Waals surface area contributed by atoms with E-state index in [1.807, 2.05) is 54.2 Å². The molecule has 0 atom stereocenters. The lowest BCUT2D eigenvalue weighted by atomic mass is 10.2. The maximum atomic E-state index is 6.17. The second kappa shape index (κ2) is 4.08. The number of nitrogens with one attached hydrogen (secondary N) is 1. The predicted octanol–water partition coefficient (Wildman–Crippen LogP) is 3.77. The summed E-state index contributed by atoms with van der Waals surface area (Å²) in [5.74, 6) is 0.741. The number of aromatic nitrogens is 4. The van der Waals surface area contributed by atoms with Crippen molar-refractivity contribution in [3.63, 3.8) is 0 Å². The third-order valence-electron chi connectivity index (χ3n) is 3.45. The molecule has 4 aromatic rings. The first-order valence-corrected chi connectivity index (χ1v) is 6.68. The number of rotatable bonds is 1. The molecule has 0 amide bonds. The zero-order chi connectivity index (χ0) is 13.7. The average Bonchev–Trinajstić information content (AvgIpc) is 3.02. The lowest BCUT2D eigenvalue weighted by molar-refractivity contribution is 0.798. The molecule has 98 valence electrons. The smallest absolute Gasteiger partial charge is 0.159 e. The lowest BCUT2D eigenvalue weighted by Crippen LogP contribution is -1.90. The Morgan fingerprint density at radius 3 is 2.80 bits per heavy atom. The Morgan fingerprint density at radius 1 is 1.10 bits per heavy atom. The summed E-state index contributed by atoms with van der Waals surface area (Å²) in [7, 11) is 1.93. The Hall–Kier alpha value is -2.33. The van der Waals surface area contributed by atoms with Crippen molar-refractivity contribution in [3.05, 3.63) is 47.5 Å². The fourth-order valence-corrected chi connectivity index (χ4v) is 2.71. The van der Waals surface area contributed by atoms with Crippen LogP contribution in [0, 0.1) is 0 Å². The Morgan fingerprint density at radius 2 is 1.95 bits per heavy atom. The molecule has 0 saturated heterocycles. The molecular weight excluding hydrogens is 272 g/mol. The molecule has 2 aromatic heterocycles. The van der Waals surface area contributed by atoms with E-state index < -0.39 is 0 Å². The van der Waals surface area contributed by atoms with Crippen molar-refractivity contribution in [1.82, 2.24) is 19.7 Å². The quantitative estimate of drug-likeness (QED) is 0.578. The van der Waals surface area contributed by atoms with Crippen LogP contribution < -0.4 is 0 Å². The van der Waals surface area contributed by atoms with E-state index in [4.69, 9.17) is 11.6 Å². The topological polar surface area (TPSA) is 46.5 Å². The molecule has 0 saturated carbocycles. The normalized spacial score (nSPS) is 11.5. The number of aryl methyl sites for hydroxylation is 1. The fraction of sp³-hybridized carbons (Fsp3) is 0.0667. The second-order valence-corrected chi connectivity index (χ2v) is 5.12. The van der Waals surface area contributed by atoms with E-state index >= 15 is 0 Å². The van der Waals surface area contributed by atoms with Gasteiger partial charge in [0, 0.05) is 12.4 Å². The Kier molecular flexibility index (Phi) is 2.35. The van der Waals surface area contributed by atoms with Gasteiger partial charge in [-0.25, -0.2) is 4.98 Å². The van der Waals surface area contributed by atoms with Crippen molar-refractivity contribution < 1.29 is 0 Å². The van der Waals surface area contributed by atoms with Crippen LogP contribution in [-0.4, -0.2) is 19.7 Å². The maximum absolute atomic E-state index is 6.17. The monoisotopic (exact) mass is 282 g/mol. The first-order chi connectivity index (χ1) is 9.74. The molecule has 0 aliphatic rings. The Balaban J connectivity index is 2.04. The molecule has 2 aromatic carbocycles. The molecule has 4 rings (SSSR count). The number of aromatic amines is 1. The number of hydrogen-bond acceptors (Lipinski definition) is 2. The minimum absolute atomic E-state index is 0.644.